The Labute approximate surface area is 85.8 Å². The Morgan fingerprint density at radius 1 is 1.69 bits per heavy atom. The zero-order valence-corrected chi connectivity index (χ0v) is 9.30. The molecule has 72 valence electrons. The molecule has 0 aromatic carbocycles. The normalized spacial score (nSPS) is 10.1. The van der Waals surface area contributed by atoms with Gasteiger partial charge in [0.25, 0.3) is 0 Å². The average molecular weight is 246 g/mol. The summed E-state index contributed by atoms with van der Waals surface area (Å²) in [5, 5.41) is 0.900. The summed E-state index contributed by atoms with van der Waals surface area (Å²) in [6, 6.07) is 1.85. The average Bonchev–Trinajstić information content (AvgIpc) is 2.46. The fraction of sp³-hybridized carbons (Fsp3) is 0.444. The molecule has 3 nitrogen and oxygen atoms in total. The molecule has 0 bridgehead atoms. The fourth-order valence-corrected chi connectivity index (χ4v) is 1.64. The minimum absolute atomic E-state index is 0.289. The minimum atomic E-state index is -0.289. The predicted molar refractivity (Wildman–Crippen MR) is 54.3 cm³/mol. The van der Waals surface area contributed by atoms with E-state index in [2.05, 4.69) is 20.7 Å². The van der Waals surface area contributed by atoms with E-state index in [1.807, 2.05) is 19.3 Å². The highest BCUT2D eigenvalue weighted by atomic mass is 79.9. The lowest BCUT2D eigenvalue weighted by Gasteiger charge is -1.98. The van der Waals surface area contributed by atoms with E-state index in [9.17, 15) is 4.79 Å². The van der Waals surface area contributed by atoms with Gasteiger partial charge in [-0.1, -0.05) is 15.9 Å². The molecular weight excluding hydrogens is 234 g/mol. The summed E-state index contributed by atoms with van der Waals surface area (Å²) in [7, 11) is 3.23. The first-order valence-corrected chi connectivity index (χ1v) is 5.10. The second kappa shape index (κ2) is 4.46. The standard InChI is InChI=1S/C9H12BrNO2/c1-11-6-7(3-4-10)5-8(11)9(12)13-2/h5-6H,3-4H2,1-2H3. The zero-order chi connectivity index (χ0) is 9.84. The first kappa shape index (κ1) is 10.3. The summed E-state index contributed by atoms with van der Waals surface area (Å²) in [4.78, 5) is 11.2. The highest BCUT2D eigenvalue weighted by molar-refractivity contribution is 9.09. The van der Waals surface area contributed by atoms with Crippen molar-refractivity contribution < 1.29 is 9.53 Å². The number of halogens is 1. The summed E-state index contributed by atoms with van der Waals surface area (Å²) < 4.78 is 6.42. The maximum Gasteiger partial charge on any atom is 0.354 e. The molecule has 0 saturated heterocycles. The monoisotopic (exact) mass is 245 g/mol. The van der Waals surface area contributed by atoms with E-state index in [1.54, 1.807) is 4.57 Å². The van der Waals surface area contributed by atoms with Gasteiger partial charge in [-0.15, -0.1) is 0 Å². The highest BCUT2D eigenvalue weighted by Gasteiger charge is 2.10. The number of hydrogen-bond acceptors (Lipinski definition) is 2. The summed E-state index contributed by atoms with van der Waals surface area (Å²) >= 11 is 3.35. The van der Waals surface area contributed by atoms with Gasteiger partial charge in [0.15, 0.2) is 0 Å². The van der Waals surface area contributed by atoms with Gasteiger partial charge in [-0.2, -0.15) is 0 Å². The van der Waals surface area contributed by atoms with Gasteiger partial charge < -0.3 is 9.30 Å². The molecule has 0 aliphatic carbocycles. The van der Waals surface area contributed by atoms with Gasteiger partial charge in [0.05, 0.1) is 7.11 Å². The third-order valence-corrected chi connectivity index (χ3v) is 2.24. The van der Waals surface area contributed by atoms with Crippen molar-refractivity contribution in [3.63, 3.8) is 0 Å². The van der Waals surface area contributed by atoms with Crippen molar-refractivity contribution in [2.45, 2.75) is 6.42 Å². The molecule has 0 N–H and O–H groups in total. The second-order valence-electron chi connectivity index (χ2n) is 2.78. The van der Waals surface area contributed by atoms with E-state index in [4.69, 9.17) is 0 Å². The Morgan fingerprint density at radius 3 is 2.92 bits per heavy atom. The zero-order valence-electron chi connectivity index (χ0n) is 7.71. The van der Waals surface area contributed by atoms with Crippen LogP contribution >= 0.6 is 15.9 Å². The van der Waals surface area contributed by atoms with Gasteiger partial charge in [0.1, 0.15) is 5.69 Å². The smallest absolute Gasteiger partial charge is 0.354 e. The Morgan fingerprint density at radius 2 is 2.38 bits per heavy atom. The topological polar surface area (TPSA) is 31.2 Å². The Bertz CT molecular complexity index is 307. The van der Waals surface area contributed by atoms with Gasteiger partial charge in [-0.25, -0.2) is 4.79 Å². The lowest BCUT2D eigenvalue weighted by molar-refractivity contribution is 0.0590. The molecule has 0 saturated carbocycles. The van der Waals surface area contributed by atoms with Crippen LogP contribution in [0.15, 0.2) is 12.3 Å². The third-order valence-electron chi connectivity index (χ3n) is 1.84. The minimum Gasteiger partial charge on any atom is -0.464 e. The van der Waals surface area contributed by atoms with Crippen molar-refractivity contribution in [1.82, 2.24) is 4.57 Å². The van der Waals surface area contributed by atoms with E-state index in [0.717, 1.165) is 17.3 Å². The van der Waals surface area contributed by atoms with Gasteiger partial charge in [-0.3, -0.25) is 0 Å². The van der Waals surface area contributed by atoms with E-state index in [1.165, 1.54) is 7.11 Å². The number of hydrogen-bond donors (Lipinski definition) is 0. The molecule has 0 spiro atoms. The number of aryl methyl sites for hydroxylation is 2. The molecular formula is C9H12BrNO2. The number of esters is 1. The van der Waals surface area contributed by atoms with Gasteiger partial charge in [-0.05, 0) is 18.1 Å². The van der Waals surface area contributed by atoms with Crippen LogP contribution in [0, 0.1) is 0 Å². The van der Waals surface area contributed by atoms with E-state index in [0.29, 0.717) is 5.69 Å². The summed E-state index contributed by atoms with van der Waals surface area (Å²) in [6.07, 6.45) is 2.86. The van der Waals surface area contributed by atoms with Crippen LogP contribution in [0.3, 0.4) is 0 Å². The Hall–Kier alpha value is -0.770. The number of alkyl halides is 1. The number of carbonyl (C=O) groups is 1. The molecule has 0 atom stereocenters. The van der Waals surface area contributed by atoms with E-state index >= 15 is 0 Å². The van der Waals surface area contributed by atoms with Crippen LogP contribution in [0.25, 0.3) is 0 Å². The molecule has 1 rings (SSSR count). The molecule has 1 aromatic heterocycles. The van der Waals surface area contributed by atoms with E-state index < -0.39 is 0 Å². The Kier molecular flexibility index (Phi) is 3.54. The van der Waals surface area contributed by atoms with Crippen molar-refractivity contribution in [2.75, 3.05) is 12.4 Å². The number of aromatic nitrogens is 1. The lowest BCUT2D eigenvalue weighted by Crippen LogP contribution is -2.06. The van der Waals surface area contributed by atoms with Crippen molar-refractivity contribution in [1.29, 1.82) is 0 Å². The van der Waals surface area contributed by atoms with Crippen molar-refractivity contribution in [2.24, 2.45) is 7.05 Å². The molecule has 0 unspecified atom stereocenters. The van der Waals surface area contributed by atoms with E-state index in [-0.39, 0.29) is 5.97 Å². The van der Waals surface area contributed by atoms with Crippen LogP contribution < -0.4 is 0 Å². The lowest BCUT2D eigenvalue weighted by atomic mass is 10.2. The predicted octanol–water partition coefficient (Wildman–Crippen LogP) is 1.75. The quantitative estimate of drug-likeness (QED) is 0.601. The van der Waals surface area contributed by atoms with Gasteiger partial charge in [0.2, 0.25) is 0 Å². The molecule has 1 aromatic rings. The van der Waals surface area contributed by atoms with Crippen molar-refractivity contribution in [3.05, 3.63) is 23.5 Å². The number of rotatable bonds is 3. The van der Waals surface area contributed by atoms with Crippen LogP contribution in [0.2, 0.25) is 0 Å². The second-order valence-corrected chi connectivity index (χ2v) is 3.57. The molecule has 0 aliphatic rings. The number of methoxy groups -OCH3 is 1. The number of ether oxygens (including phenoxy) is 1. The summed E-state index contributed by atoms with van der Waals surface area (Å²) in [5.41, 5.74) is 1.73. The fourth-order valence-electron chi connectivity index (χ4n) is 1.19. The first-order chi connectivity index (χ1) is 6.19. The molecule has 13 heavy (non-hydrogen) atoms. The van der Waals surface area contributed by atoms with Crippen LogP contribution in [0.5, 0.6) is 0 Å². The molecule has 0 amide bonds. The van der Waals surface area contributed by atoms with Crippen LogP contribution in [0.4, 0.5) is 0 Å². The van der Waals surface area contributed by atoms with Gasteiger partial charge in [0, 0.05) is 18.6 Å². The SMILES string of the molecule is COC(=O)c1cc(CCBr)cn1C. The maximum absolute atomic E-state index is 11.2. The number of nitrogens with zero attached hydrogens (tertiary/aromatic N) is 1. The number of carbonyl (C=O) groups excluding carboxylic acids is 1. The maximum atomic E-state index is 11.2. The molecule has 0 radical (unpaired) electrons. The van der Waals surface area contributed by atoms with Crippen LogP contribution in [0.1, 0.15) is 16.1 Å². The molecule has 4 heteroatoms. The largest absolute Gasteiger partial charge is 0.464 e. The van der Waals surface area contributed by atoms with Crippen LogP contribution in [-0.2, 0) is 18.2 Å². The third kappa shape index (κ3) is 2.34. The highest BCUT2D eigenvalue weighted by Crippen LogP contribution is 2.09. The van der Waals surface area contributed by atoms with Crippen LogP contribution in [-0.4, -0.2) is 23.0 Å². The van der Waals surface area contributed by atoms with Crippen molar-refractivity contribution in [3.8, 4) is 0 Å². The molecule has 0 aliphatic heterocycles. The first-order valence-electron chi connectivity index (χ1n) is 3.98. The summed E-state index contributed by atoms with van der Waals surface area (Å²) in [5.74, 6) is -0.289. The Balaban J connectivity index is 2.89. The molecule has 0 fully saturated rings. The van der Waals surface area contributed by atoms with Crippen molar-refractivity contribution >= 4 is 21.9 Å². The van der Waals surface area contributed by atoms with Gasteiger partial charge >= 0.3 is 5.97 Å². The summed E-state index contributed by atoms with van der Waals surface area (Å²) in [6.45, 7) is 0. The molecule has 1 heterocycles.